The molecular weight excluding hydrogens is 302 g/mol. The summed E-state index contributed by atoms with van der Waals surface area (Å²) >= 11 is 0. The van der Waals surface area contributed by atoms with Gasteiger partial charge in [-0.1, -0.05) is 54.5 Å². The number of para-hydroxylation sites is 1. The van der Waals surface area contributed by atoms with Gasteiger partial charge in [0.25, 0.3) is 5.91 Å². The van der Waals surface area contributed by atoms with Crippen LogP contribution in [-0.4, -0.2) is 18.4 Å². The molecule has 1 heterocycles. The minimum atomic E-state index is -0.556. The van der Waals surface area contributed by atoms with Crippen LogP contribution in [0.2, 0.25) is 0 Å². The predicted molar refractivity (Wildman–Crippen MR) is 91.8 cm³/mol. The van der Waals surface area contributed by atoms with Crippen molar-refractivity contribution < 1.29 is 14.3 Å². The molecule has 0 radical (unpaired) electrons. The average Bonchev–Trinajstić information content (AvgIpc) is 2.87. The van der Waals surface area contributed by atoms with Gasteiger partial charge >= 0.3 is 5.97 Å². The van der Waals surface area contributed by atoms with E-state index in [1.54, 1.807) is 12.1 Å². The first-order valence-corrected chi connectivity index (χ1v) is 7.48. The van der Waals surface area contributed by atoms with Crippen LogP contribution in [0.3, 0.4) is 0 Å². The summed E-state index contributed by atoms with van der Waals surface area (Å²) in [6.45, 7) is 0.319. The summed E-state index contributed by atoms with van der Waals surface area (Å²) in [5.41, 5.74) is 2.59. The highest BCUT2D eigenvalue weighted by atomic mass is 16.5. The maximum atomic E-state index is 12.5. The molecule has 1 aliphatic rings. The van der Waals surface area contributed by atoms with E-state index in [0.29, 0.717) is 16.8 Å². The van der Waals surface area contributed by atoms with Crippen LogP contribution in [0.15, 0.2) is 60.7 Å². The fourth-order valence-electron chi connectivity index (χ4n) is 2.58. The summed E-state index contributed by atoms with van der Waals surface area (Å²) in [7, 11) is 0. The standard InChI is InChI=1S/C20H15NO3/c1-2-12-21-18-11-7-6-10-16(18)17(20(21)23)13-19(22)24-14-15-8-4-3-5-9-15/h1,3-11,13H,12,14H2/b17-13+. The molecule has 2 aromatic rings. The predicted octanol–water partition coefficient (Wildman–Crippen LogP) is 2.79. The molecule has 0 saturated heterocycles. The van der Waals surface area contributed by atoms with Gasteiger partial charge in [0.1, 0.15) is 6.61 Å². The molecule has 0 aliphatic carbocycles. The molecule has 0 N–H and O–H groups in total. The summed E-state index contributed by atoms with van der Waals surface area (Å²) in [6, 6.07) is 16.6. The first kappa shape index (κ1) is 15.6. The van der Waals surface area contributed by atoms with Crippen LogP contribution in [0, 0.1) is 12.3 Å². The highest BCUT2D eigenvalue weighted by Gasteiger charge is 2.32. The number of anilines is 1. The number of esters is 1. The zero-order valence-corrected chi connectivity index (χ0v) is 12.9. The molecule has 0 fully saturated rings. The van der Waals surface area contributed by atoms with Crippen molar-refractivity contribution in [3.63, 3.8) is 0 Å². The summed E-state index contributed by atoms with van der Waals surface area (Å²) in [5, 5.41) is 0. The van der Waals surface area contributed by atoms with E-state index in [1.807, 2.05) is 42.5 Å². The Hall–Kier alpha value is -3.32. The summed E-state index contributed by atoms with van der Waals surface area (Å²) in [6.07, 6.45) is 6.57. The number of hydrogen-bond acceptors (Lipinski definition) is 3. The number of hydrogen-bond donors (Lipinski definition) is 0. The Bertz CT molecular complexity index is 847. The minimum Gasteiger partial charge on any atom is -0.458 e. The van der Waals surface area contributed by atoms with Crippen LogP contribution in [0.1, 0.15) is 11.1 Å². The number of carbonyl (C=O) groups excluding carboxylic acids is 2. The zero-order chi connectivity index (χ0) is 16.9. The molecule has 118 valence electrons. The van der Waals surface area contributed by atoms with Gasteiger partial charge in [-0.2, -0.15) is 0 Å². The van der Waals surface area contributed by atoms with E-state index < -0.39 is 5.97 Å². The molecule has 3 rings (SSSR count). The molecule has 24 heavy (non-hydrogen) atoms. The lowest BCUT2D eigenvalue weighted by molar-refractivity contribution is -0.139. The molecule has 0 aromatic heterocycles. The maximum absolute atomic E-state index is 12.5. The fraction of sp³-hybridized carbons (Fsp3) is 0.100. The Balaban J connectivity index is 1.80. The van der Waals surface area contributed by atoms with Crippen LogP contribution in [-0.2, 0) is 20.9 Å². The quantitative estimate of drug-likeness (QED) is 0.495. The van der Waals surface area contributed by atoms with Crippen LogP contribution in [0.25, 0.3) is 5.57 Å². The third-order valence-corrected chi connectivity index (χ3v) is 3.70. The van der Waals surface area contributed by atoms with Crippen LogP contribution >= 0.6 is 0 Å². The molecular formula is C20H15NO3. The van der Waals surface area contributed by atoms with E-state index in [2.05, 4.69) is 5.92 Å². The second-order valence-corrected chi connectivity index (χ2v) is 5.26. The van der Waals surface area contributed by atoms with Crippen molar-refractivity contribution in [2.75, 3.05) is 11.4 Å². The van der Waals surface area contributed by atoms with E-state index in [9.17, 15) is 9.59 Å². The lowest BCUT2D eigenvalue weighted by Crippen LogP contribution is -2.26. The van der Waals surface area contributed by atoms with Gasteiger partial charge in [-0.3, -0.25) is 9.69 Å². The second-order valence-electron chi connectivity index (χ2n) is 5.26. The van der Waals surface area contributed by atoms with Gasteiger partial charge in [-0.05, 0) is 11.6 Å². The Morgan fingerprint density at radius 3 is 2.58 bits per heavy atom. The highest BCUT2D eigenvalue weighted by molar-refractivity contribution is 6.34. The van der Waals surface area contributed by atoms with Crippen molar-refractivity contribution in [3.05, 3.63) is 71.8 Å². The molecule has 0 saturated carbocycles. The zero-order valence-electron chi connectivity index (χ0n) is 12.9. The number of terminal acetylenes is 1. The maximum Gasteiger partial charge on any atom is 0.331 e. The van der Waals surface area contributed by atoms with Crippen LogP contribution in [0.4, 0.5) is 5.69 Å². The molecule has 0 spiro atoms. The molecule has 4 nitrogen and oxygen atoms in total. The molecule has 4 heteroatoms. The number of carbonyl (C=O) groups is 2. The average molecular weight is 317 g/mol. The van der Waals surface area contributed by atoms with Crippen molar-refractivity contribution in [2.45, 2.75) is 6.61 Å². The van der Waals surface area contributed by atoms with E-state index in [-0.39, 0.29) is 19.1 Å². The lowest BCUT2D eigenvalue weighted by Gasteiger charge is -2.12. The first-order valence-electron chi connectivity index (χ1n) is 7.48. The summed E-state index contributed by atoms with van der Waals surface area (Å²) < 4.78 is 5.22. The number of amides is 1. The molecule has 0 atom stereocenters. The molecule has 0 unspecified atom stereocenters. The van der Waals surface area contributed by atoms with Gasteiger partial charge in [0.05, 0.1) is 17.8 Å². The Labute approximate surface area is 140 Å². The fourth-order valence-corrected chi connectivity index (χ4v) is 2.58. The topological polar surface area (TPSA) is 46.6 Å². The van der Waals surface area contributed by atoms with Gasteiger partial charge < -0.3 is 4.74 Å². The normalized spacial score (nSPS) is 14.4. The molecule has 1 amide bonds. The number of nitrogens with zero attached hydrogens (tertiary/aromatic N) is 1. The number of benzene rings is 2. The monoisotopic (exact) mass is 317 g/mol. The van der Waals surface area contributed by atoms with Gasteiger partial charge in [0, 0.05) is 11.6 Å². The summed E-state index contributed by atoms with van der Waals surface area (Å²) in [4.78, 5) is 26.1. The summed E-state index contributed by atoms with van der Waals surface area (Å²) in [5.74, 6) is 1.62. The number of ether oxygens (including phenoxy) is 1. The van der Waals surface area contributed by atoms with E-state index in [1.165, 1.54) is 11.0 Å². The smallest absolute Gasteiger partial charge is 0.331 e. The van der Waals surface area contributed by atoms with E-state index in [4.69, 9.17) is 11.2 Å². The van der Waals surface area contributed by atoms with E-state index >= 15 is 0 Å². The Morgan fingerprint density at radius 1 is 1.12 bits per heavy atom. The number of fused-ring (bicyclic) bond motifs is 1. The largest absolute Gasteiger partial charge is 0.458 e. The van der Waals surface area contributed by atoms with Crippen molar-refractivity contribution in [3.8, 4) is 12.3 Å². The molecule has 2 aromatic carbocycles. The van der Waals surface area contributed by atoms with Crippen molar-refractivity contribution in [2.24, 2.45) is 0 Å². The second kappa shape index (κ2) is 6.84. The van der Waals surface area contributed by atoms with Crippen molar-refractivity contribution >= 4 is 23.1 Å². The minimum absolute atomic E-state index is 0.159. The van der Waals surface area contributed by atoms with Gasteiger partial charge in [0.2, 0.25) is 0 Å². The third-order valence-electron chi connectivity index (χ3n) is 3.70. The molecule has 0 bridgehead atoms. The van der Waals surface area contributed by atoms with Crippen molar-refractivity contribution in [1.29, 1.82) is 0 Å². The van der Waals surface area contributed by atoms with Gasteiger partial charge in [-0.25, -0.2) is 4.79 Å². The highest BCUT2D eigenvalue weighted by Crippen LogP contribution is 2.36. The van der Waals surface area contributed by atoms with Crippen LogP contribution in [0.5, 0.6) is 0 Å². The molecule has 1 aliphatic heterocycles. The Morgan fingerprint density at radius 2 is 1.83 bits per heavy atom. The van der Waals surface area contributed by atoms with Crippen LogP contribution < -0.4 is 4.90 Å². The Kier molecular flexibility index (Phi) is 4.44. The van der Waals surface area contributed by atoms with Crippen molar-refractivity contribution in [1.82, 2.24) is 0 Å². The van der Waals surface area contributed by atoms with Gasteiger partial charge in [-0.15, -0.1) is 6.42 Å². The van der Waals surface area contributed by atoms with E-state index in [0.717, 1.165) is 5.56 Å². The SMILES string of the molecule is C#CCN1C(=O)/C(=C/C(=O)OCc2ccccc2)c2ccccc21. The first-order chi connectivity index (χ1) is 11.7. The van der Waals surface area contributed by atoms with Gasteiger partial charge in [0.15, 0.2) is 0 Å². The lowest BCUT2D eigenvalue weighted by atomic mass is 10.1. The number of rotatable bonds is 4. The third kappa shape index (κ3) is 3.06.